The summed E-state index contributed by atoms with van der Waals surface area (Å²) in [7, 11) is 0. The van der Waals surface area contributed by atoms with Gasteiger partial charge >= 0.3 is 0 Å². The first-order chi connectivity index (χ1) is 13.3. The quantitative estimate of drug-likeness (QED) is 0.275. The van der Waals surface area contributed by atoms with Gasteiger partial charge in [0.2, 0.25) is 0 Å². The number of H-pyrrole nitrogens is 2. The summed E-state index contributed by atoms with van der Waals surface area (Å²) in [6.45, 7) is 2.23. The Morgan fingerprint density at radius 2 is 1.44 bits per heavy atom. The Morgan fingerprint density at radius 1 is 0.815 bits per heavy atom. The van der Waals surface area contributed by atoms with Crippen molar-refractivity contribution < 1.29 is 4.79 Å². The number of benzene rings is 3. The molecular weight excluding hydrogens is 332 g/mol. The van der Waals surface area contributed by atoms with E-state index in [4.69, 9.17) is 0 Å². The van der Waals surface area contributed by atoms with E-state index in [9.17, 15) is 4.79 Å². The van der Waals surface area contributed by atoms with E-state index >= 15 is 0 Å². The van der Waals surface area contributed by atoms with Gasteiger partial charge in [-0.2, -0.15) is 0 Å². The summed E-state index contributed by atoms with van der Waals surface area (Å²) < 4.78 is 0. The lowest BCUT2D eigenvalue weighted by molar-refractivity contribution is 0.112. The van der Waals surface area contributed by atoms with Crippen LogP contribution < -0.4 is 0 Å². The average molecular weight is 354 g/mol. The summed E-state index contributed by atoms with van der Waals surface area (Å²) in [5.41, 5.74) is 6.34. The molecule has 0 saturated carbocycles. The lowest BCUT2D eigenvalue weighted by Gasteiger charge is -2.09. The molecule has 0 fully saturated rings. The number of carbonyl (C=O) groups is 1. The number of rotatable bonds is 5. The van der Waals surface area contributed by atoms with E-state index in [1.165, 1.54) is 29.2 Å². The van der Waals surface area contributed by atoms with Gasteiger partial charge in [-0.15, -0.1) is 0 Å². The Kier molecular flexibility index (Phi) is 3.75. The van der Waals surface area contributed by atoms with Gasteiger partial charge in [0.1, 0.15) is 0 Å². The first kappa shape index (κ1) is 16.1. The molecule has 0 bridgehead atoms. The first-order valence-electron chi connectivity index (χ1n) is 9.74. The molecule has 3 heteroatoms. The minimum Gasteiger partial charge on any atom is -0.354 e. The van der Waals surface area contributed by atoms with E-state index in [0.717, 1.165) is 57.5 Å². The van der Waals surface area contributed by atoms with Crippen LogP contribution in [0.1, 0.15) is 42.1 Å². The number of hydrogen-bond donors (Lipinski definition) is 2. The highest BCUT2D eigenvalue weighted by molar-refractivity contribution is 6.26. The van der Waals surface area contributed by atoms with E-state index in [1.807, 2.05) is 18.2 Å². The van der Waals surface area contributed by atoms with Crippen molar-refractivity contribution in [2.75, 3.05) is 0 Å². The fourth-order valence-corrected chi connectivity index (χ4v) is 4.48. The van der Waals surface area contributed by atoms with Crippen LogP contribution in [0.2, 0.25) is 0 Å². The van der Waals surface area contributed by atoms with Gasteiger partial charge in [0.25, 0.3) is 0 Å². The maximum atomic E-state index is 12.2. The standard InChI is InChI=1S/C24H22N2O/c1-2-3-4-11-17-21-15-9-5-7-12-19(15)26-24(21)18(14-27)22-16-10-6-8-13-20(16)25-23(17)22/h5-10,12-14,25-26H,2-4,11H2,1H3. The highest BCUT2D eigenvalue weighted by Gasteiger charge is 2.20. The zero-order valence-corrected chi connectivity index (χ0v) is 15.4. The Morgan fingerprint density at radius 3 is 2.11 bits per heavy atom. The summed E-state index contributed by atoms with van der Waals surface area (Å²) in [5.74, 6) is 0. The molecule has 27 heavy (non-hydrogen) atoms. The van der Waals surface area contributed by atoms with E-state index in [-0.39, 0.29) is 0 Å². The third-order valence-corrected chi connectivity index (χ3v) is 5.70. The Labute approximate surface area is 157 Å². The van der Waals surface area contributed by atoms with Gasteiger partial charge in [-0.1, -0.05) is 56.2 Å². The van der Waals surface area contributed by atoms with Crippen LogP contribution in [0.25, 0.3) is 43.6 Å². The predicted molar refractivity (Wildman–Crippen MR) is 114 cm³/mol. The maximum Gasteiger partial charge on any atom is 0.152 e. The molecular formula is C24H22N2O. The summed E-state index contributed by atoms with van der Waals surface area (Å²) in [4.78, 5) is 19.3. The number of aromatic amines is 2. The summed E-state index contributed by atoms with van der Waals surface area (Å²) in [6, 6.07) is 16.6. The number of para-hydroxylation sites is 2. The molecule has 0 amide bonds. The molecule has 0 saturated heterocycles. The maximum absolute atomic E-state index is 12.2. The summed E-state index contributed by atoms with van der Waals surface area (Å²) >= 11 is 0. The number of unbranched alkanes of at least 4 members (excludes halogenated alkanes) is 2. The largest absolute Gasteiger partial charge is 0.354 e. The molecule has 0 atom stereocenters. The van der Waals surface area contributed by atoms with Crippen LogP contribution in [0.4, 0.5) is 0 Å². The second kappa shape index (κ2) is 6.27. The van der Waals surface area contributed by atoms with E-state index in [0.29, 0.717) is 0 Å². The van der Waals surface area contributed by atoms with E-state index in [1.54, 1.807) is 0 Å². The molecule has 2 heterocycles. The second-order valence-electron chi connectivity index (χ2n) is 7.31. The van der Waals surface area contributed by atoms with Crippen LogP contribution in [0.5, 0.6) is 0 Å². The molecule has 0 aliphatic heterocycles. The average Bonchev–Trinajstić information content (AvgIpc) is 3.27. The van der Waals surface area contributed by atoms with E-state index < -0.39 is 0 Å². The van der Waals surface area contributed by atoms with Gasteiger partial charge in [-0.3, -0.25) is 4.79 Å². The third-order valence-electron chi connectivity index (χ3n) is 5.70. The number of aromatic nitrogens is 2. The van der Waals surface area contributed by atoms with Crippen LogP contribution in [-0.2, 0) is 6.42 Å². The van der Waals surface area contributed by atoms with Crippen molar-refractivity contribution in [3.63, 3.8) is 0 Å². The van der Waals surface area contributed by atoms with Crippen LogP contribution in [0, 0.1) is 0 Å². The number of aldehydes is 1. The second-order valence-corrected chi connectivity index (χ2v) is 7.31. The van der Waals surface area contributed by atoms with Crippen molar-refractivity contribution in [3.8, 4) is 0 Å². The number of aryl methyl sites for hydroxylation is 1. The topological polar surface area (TPSA) is 48.6 Å². The molecule has 5 rings (SSSR count). The number of carbonyl (C=O) groups excluding carboxylic acids is 1. The Hall–Kier alpha value is -3.07. The molecule has 0 spiro atoms. The van der Waals surface area contributed by atoms with Crippen LogP contribution in [0.3, 0.4) is 0 Å². The Bertz CT molecular complexity index is 1300. The van der Waals surface area contributed by atoms with Crippen LogP contribution in [0.15, 0.2) is 48.5 Å². The molecule has 5 aromatic rings. The summed E-state index contributed by atoms with van der Waals surface area (Å²) in [6.07, 6.45) is 5.57. The minimum atomic E-state index is 0.757. The smallest absolute Gasteiger partial charge is 0.152 e. The molecule has 0 aliphatic carbocycles. The third kappa shape index (κ3) is 2.31. The normalized spacial score (nSPS) is 11.9. The van der Waals surface area contributed by atoms with Crippen molar-refractivity contribution in [1.29, 1.82) is 0 Å². The van der Waals surface area contributed by atoms with E-state index in [2.05, 4.69) is 47.2 Å². The Balaban J connectivity index is 2.00. The van der Waals surface area contributed by atoms with Gasteiger partial charge in [0, 0.05) is 38.1 Å². The number of nitrogens with one attached hydrogen (secondary N) is 2. The molecule has 0 unspecified atom stereocenters. The highest BCUT2D eigenvalue weighted by atomic mass is 16.1. The van der Waals surface area contributed by atoms with Gasteiger partial charge in [-0.05, 0) is 30.5 Å². The molecule has 2 N–H and O–H groups in total. The van der Waals surface area contributed by atoms with Gasteiger partial charge in [0.15, 0.2) is 6.29 Å². The van der Waals surface area contributed by atoms with Gasteiger partial charge in [0.05, 0.1) is 11.0 Å². The van der Waals surface area contributed by atoms with Gasteiger partial charge in [-0.25, -0.2) is 0 Å². The van der Waals surface area contributed by atoms with Crippen LogP contribution >= 0.6 is 0 Å². The fourth-order valence-electron chi connectivity index (χ4n) is 4.48. The molecule has 3 aromatic carbocycles. The van der Waals surface area contributed by atoms with Crippen molar-refractivity contribution in [1.82, 2.24) is 9.97 Å². The zero-order chi connectivity index (χ0) is 18.4. The molecule has 134 valence electrons. The molecule has 3 nitrogen and oxygen atoms in total. The van der Waals surface area contributed by atoms with Crippen molar-refractivity contribution in [2.24, 2.45) is 0 Å². The van der Waals surface area contributed by atoms with Crippen LogP contribution in [-0.4, -0.2) is 16.3 Å². The zero-order valence-electron chi connectivity index (χ0n) is 15.4. The SMILES string of the molecule is CCCCCc1c2[nH]c3ccccc3c2c(C=O)c2[nH]c3ccccc3c12. The fraction of sp³-hybridized carbons (Fsp3) is 0.208. The van der Waals surface area contributed by atoms with Crippen molar-refractivity contribution in [3.05, 3.63) is 59.7 Å². The first-order valence-corrected chi connectivity index (χ1v) is 9.74. The predicted octanol–water partition coefficient (Wildman–Crippen LogP) is 6.50. The minimum absolute atomic E-state index is 0.757. The lowest BCUT2D eigenvalue weighted by Crippen LogP contribution is -1.94. The molecule has 0 radical (unpaired) electrons. The monoisotopic (exact) mass is 354 g/mol. The number of fused-ring (bicyclic) bond motifs is 6. The molecule has 2 aromatic heterocycles. The van der Waals surface area contributed by atoms with Crippen molar-refractivity contribution in [2.45, 2.75) is 32.6 Å². The number of hydrogen-bond acceptors (Lipinski definition) is 1. The lowest BCUT2D eigenvalue weighted by atomic mass is 9.94. The van der Waals surface area contributed by atoms with Gasteiger partial charge < -0.3 is 9.97 Å². The molecule has 0 aliphatic rings. The highest BCUT2D eigenvalue weighted by Crippen LogP contribution is 2.40. The summed E-state index contributed by atoms with van der Waals surface area (Å²) in [5, 5.41) is 4.56. The van der Waals surface area contributed by atoms with Crippen molar-refractivity contribution >= 4 is 49.9 Å².